The van der Waals surface area contributed by atoms with Gasteiger partial charge in [0, 0.05) is 112 Å². The van der Waals surface area contributed by atoms with Gasteiger partial charge in [0.1, 0.15) is 85.1 Å². The van der Waals surface area contributed by atoms with Gasteiger partial charge in [0.05, 0.1) is 78.3 Å². The molecular formula is C74H133N11O30. The summed E-state index contributed by atoms with van der Waals surface area (Å²) >= 11 is 0. The topological polar surface area (TPSA) is 594 Å². The molecule has 3 rings (SSSR count). The van der Waals surface area contributed by atoms with Crippen molar-refractivity contribution in [2.45, 2.75) is 280 Å². The Bertz CT molecular complexity index is 2840. The number of nitrogens with one attached hydrogen (secondary N) is 11. The van der Waals surface area contributed by atoms with Crippen LogP contribution >= 0.6 is 0 Å². The van der Waals surface area contributed by atoms with Crippen molar-refractivity contribution in [3.8, 4) is 0 Å². The Morgan fingerprint density at radius 3 is 1.03 bits per heavy atom. The van der Waals surface area contributed by atoms with Crippen LogP contribution in [0.2, 0.25) is 0 Å². The normalized spacial score (nSPS) is 23.9. The predicted molar refractivity (Wildman–Crippen MR) is 406 cm³/mol. The lowest BCUT2D eigenvalue weighted by Gasteiger charge is -2.42. The first kappa shape index (κ1) is 103. The van der Waals surface area contributed by atoms with E-state index in [0.29, 0.717) is 51.7 Å². The average molecular weight is 1660 g/mol. The van der Waals surface area contributed by atoms with Gasteiger partial charge < -0.3 is 152 Å². The number of hydrogen-bond donors (Lipinski definition) is 20. The van der Waals surface area contributed by atoms with Gasteiger partial charge in [0.2, 0.25) is 65.0 Å². The molecule has 0 spiro atoms. The standard InChI is InChI=1S/C74H133N11O30/c1-46(89)81-60-66(101)63(98)51(43-86)113-71(60)109-34-18-33-106-36-30-77-58(96)25-17-26-59(97)84-50(20-10-13-28-76-55(93)22-16-24-57(95)79-32-38-108-40-42-111-73-62(83-48(3)91)68(103)65(100)53(45-88)115-73)70(105)85-49(69(104)80-29-11-7-8-14-35-112-74(4,5)6)19-9-12-27-75-54(92)21-15-23-56(94)78-31-37-107-39-41-110-72-61(82-47(2)90)67(102)64(99)52(44-87)114-72/h49-53,60-68,71-73,86-88,98-103H,7-45H2,1-6H3,(H,75,92)(H,76,93)(H,77,96)(H,78,94)(H,79,95)(H,80,104)(H,81,89)(H,82,90)(H,83,91)(H,84,97)(H,85,105). The molecule has 3 aliphatic rings. The number of ether oxygens (including phenoxy) is 10. The lowest BCUT2D eigenvalue weighted by Crippen LogP contribution is -2.64. The molecular weight excluding hydrogens is 1520 g/mol. The van der Waals surface area contributed by atoms with Crippen molar-refractivity contribution in [3.05, 3.63) is 0 Å². The highest BCUT2D eigenvalue weighted by Crippen LogP contribution is 2.26. The van der Waals surface area contributed by atoms with Crippen LogP contribution in [0.1, 0.15) is 170 Å². The molecule has 3 aliphatic heterocycles. The highest BCUT2D eigenvalue weighted by atomic mass is 16.7. The largest absolute Gasteiger partial charge is 0.394 e. The summed E-state index contributed by atoms with van der Waals surface area (Å²) in [5.74, 6) is -4.83. The smallest absolute Gasteiger partial charge is 0.243 e. The van der Waals surface area contributed by atoms with E-state index in [1.807, 2.05) is 20.8 Å². The molecule has 0 saturated carbocycles. The molecule has 0 bridgehead atoms. The van der Waals surface area contributed by atoms with Crippen LogP contribution in [0.25, 0.3) is 0 Å². The van der Waals surface area contributed by atoms with Gasteiger partial charge in [-0.15, -0.1) is 0 Å². The lowest BCUT2D eigenvalue weighted by atomic mass is 9.97. The van der Waals surface area contributed by atoms with Gasteiger partial charge in [0.15, 0.2) is 18.9 Å². The van der Waals surface area contributed by atoms with Crippen LogP contribution in [0.5, 0.6) is 0 Å². The fourth-order valence-electron chi connectivity index (χ4n) is 12.2. The summed E-state index contributed by atoms with van der Waals surface area (Å²) in [7, 11) is 0. The van der Waals surface area contributed by atoms with E-state index in [1.54, 1.807) is 0 Å². The van der Waals surface area contributed by atoms with Crippen molar-refractivity contribution in [1.82, 2.24) is 58.5 Å². The van der Waals surface area contributed by atoms with Crippen LogP contribution < -0.4 is 58.5 Å². The zero-order valence-electron chi connectivity index (χ0n) is 67.5. The molecule has 41 heteroatoms. The van der Waals surface area contributed by atoms with Gasteiger partial charge in [-0.1, -0.05) is 12.8 Å². The van der Waals surface area contributed by atoms with E-state index in [2.05, 4.69) is 58.5 Å². The van der Waals surface area contributed by atoms with Gasteiger partial charge in [-0.3, -0.25) is 52.7 Å². The number of unbranched alkanes of at least 4 members (excludes halogenated alkanes) is 5. The maximum absolute atomic E-state index is 14.3. The monoisotopic (exact) mass is 1660 g/mol. The molecule has 0 aromatic rings. The maximum Gasteiger partial charge on any atom is 0.243 e. The zero-order valence-corrected chi connectivity index (χ0v) is 67.5. The molecule has 41 nitrogen and oxygen atoms in total. The summed E-state index contributed by atoms with van der Waals surface area (Å²) < 4.78 is 55.9. The van der Waals surface area contributed by atoms with Crippen LogP contribution in [0.15, 0.2) is 0 Å². The molecule has 3 fully saturated rings. The highest BCUT2D eigenvalue weighted by molar-refractivity contribution is 5.92. The third-order valence-electron chi connectivity index (χ3n) is 18.3. The number of carbonyl (C=O) groups is 11. The van der Waals surface area contributed by atoms with Crippen LogP contribution in [0.4, 0.5) is 0 Å². The van der Waals surface area contributed by atoms with Gasteiger partial charge in [-0.25, -0.2) is 0 Å². The Morgan fingerprint density at radius 2 is 0.661 bits per heavy atom. The van der Waals surface area contributed by atoms with Crippen molar-refractivity contribution >= 4 is 65.0 Å². The van der Waals surface area contributed by atoms with Crippen molar-refractivity contribution in [2.75, 3.05) is 125 Å². The number of amides is 11. The van der Waals surface area contributed by atoms with E-state index >= 15 is 0 Å². The summed E-state index contributed by atoms with van der Waals surface area (Å²) in [6, 6.07) is -5.55. The second-order valence-electron chi connectivity index (χ2n) is 29.3. The van der Waals surface area contributed by atoms with Crippen LogP contribution in [0.3, 0.4) is 0 Å². The van der Waals surface area contributed by atoms with E-state index in [-0.39, 0.29) is 198 Å². The number of aliphatic hydroxyl groups is 9. The molecule has 17 unspecified atom stereocenters. The molecule has 664 valence electrons. The van der Waals surface area contributed by atoms with Gasteiger partial charge >= 0.3 is 0 Å². The third-order valence-corrected chi connectivity index (χ3v) is 18.3. The average Bonchev–Trinajstić information content (AvgIpc) is 0.819. The summed E-state index contributed by atoms with van der Waals surface area (Å²) in [5, 5.41) is 120. The predicted octanol–water partition coefficient (Wildman–Crippen LogP) is -5.80. The number of carbonyl (C=O) groups excluding carboxylic acids is 11. The molecule has 20 N–H and O–H groups in total. The van der Waals surface area contributed by atoms with Crippen molar-refractivity contribution in [2.24, 2.45) is 0 Å². The van der Waals surface area contributed by atoms with E-state index in [4.69, 9.17) is 47.4 Å². The fourth-order valence-corrected chi connectivity index (χ4v) is 12.2. The highest BCUT2D eigenvalue weighted by Gasteiger charge is 2.48. The molecule has 0 radical (unpaired) electrons. The van der Waals surface area contributed by atoms with Gasteiger partial charge in [-0.05, 0) is 97.8 Å². The number of aliphatic hydroxyl groups excluding tert-OH is 9. The van der Waals surface area contributed by atoms with E-state index in [9.17, 15) is 98.7 Å². The Hall–Kier alpha value is -6.59. The molecule has 0 aromatic heterocycles. The minimum atomic E-state index is -1.47. The second kappa shape index (κ2) is 59.1. The molecule has 11 amide bonds. The first-order valence-corrected chi connectivity index (χ1v) is 40.0. The summed E-state index contributed by atoms with van der Waals surface area (Å²) in [6.45, 7) is 10.0. The Kier molecular flexibility index (Phi) is 52.8. The van der Waals surface area contributed by atoms with Crippen molar-refractivity contribution in [1.29, 1.82) is 0 Å². The van der Waals surface area contributed by atoms with E-state index < -0.39 is 159 Å². The van der Waals surface area contributed by atoms with Gasteiger partial charge in [0.25, 0.3) is 0 Å². The van der Waals surface area contributed by atoms with Crippen LogP contribution in [0, 0.1) is 0 Å². The minimum Gasteiger partial charge on any atom is -0.394 e. The molecule has 115 heavy (non-hydrogen) atoms. The van der Waals surface area contributed by atoms with Crippen molar-refractivity contribution < 1.29 is 146 Å². The lowest BCUT2D eigenvalue weighted by molar-refractivity contribution is -0.272. The fraction of sp³-hybridized carbons (Fsp3) is 0.851. The Morgan fingerprint density at radius 1 is 0.330 bits per heavy atom. The first-order valence-electron chi connectivity index (χ1n) is 40.0. The molecule has 3 heterocycles. The minimum absolute atomic E-state index is 0.0236. The van der Waals surface area contributed by atoms with Crippen LogP contribution in [-0.4, -0.2) is 346 Å². The number of hydrogen-bond acceptors (Lipinski definition) is 30. The molecule has 0 aromatic carbocycles. The van der Waals surface area contributed by atoms with Crippen molar-refractivity contribution in [3.63, 3.8) is 0 Å². The second-order valence-corrected chi connectivity index (χ2v) is 29.3. The van der Waals surface area contributed by atoms with E-state index in [0.717, 1.165) is 19.3 Å². The maximum atomic E-state index is 14.3. The zero-order chi connectivity index (χ0) is 85.1. The quantitative estimate of drug-likeness (QED) is 0.0252. The molecule has 17 atom stereocenters. The molecule has 3 saturated heterocycles. The summed E-state index contributed by atoms with van der Waals surface area (Å²) in [6.07, 6.45) is -10.1. The van der Waals surface area contributed by atoms with E-state index in [1.165, 1.54) is 20.8 Å². The molecule has 0 aliphatic carbocycles. The first-order chi connectivity index (χ1) is 54.9. The Labute approximate surface area is 671 Å². The van der Waals surface area contributed by atoms with Crippen LogP contribution in [-0.2, 0) is 100 Å². The summed E-state index contributed by atoms with van der Waals surface area (Å²) in [4.78, 5) is 141. The number of rotatable bonds is 61. The SMILES string of the molecule is CC(=O)NC1C(OCCCOCCNC(=O)CCCC(=O)NC(CCCCNC(=O)CCCC(=O)NCCOCCOC2OC(CO)C(O)C(O)C2NC(C)=O)C(=O)NC(CCCCNC(=O)CCCC(=O)NCCOCCOC2OC(CO)C(O)C(O)C2NC(C)=O)C(=O)NCCCCCCOC(C)(C)C)OC(CO)C(O)C1O. The third kappa shape index (κ3) is 44.2. The Balaban J connectivity index is 1.53. The van der Waals surface area contributed by atoms with Gasteiger partial charge in [-0.2, -0.15) is 0 Å². The summed E-state index contributed by atoms with van der Waals surface area (Å²) in [5.41, 5.74) is -0.274.